The molecule has 1 N–H and O–H groups in total. The van der Waals surface area contributed by atoms with Crippen molar-refractivity contribution in [3.8, 4) is 5.75 Å². The molecule has 7 heteroatoms. The first kappa shape index (κ1) is 16.4. The van der Waals surface area contributed by atoms with E-state index in [1.807, 2.05) is 0 Å². The van der Waals surface area contributed by atoms with E-state index in [-0.39, 0.29) is 11.5 Å². The van der Waals surface area contributed by atoms with Crippen LogP contribution in [-0.4, -0.2) is 16.2 Å². The van der Waals surface area contributed by atoms with Crippen molar-refractivity contribution in [2.45, 2.75) is 0 Å². The third-order valence-electron chi connectivity index (χ3n) is 3.07. The molecule has 2 aromatic rings. The third kappa shape index (κ3) is 3.87. The van der Waals surface area contributed by atoms with Gasteiger partial charge in [-0.25, -0.2) is 9.18 Å². The van der Waals surface area contributed by atoms with Gasteiger partial charge in [0.15, 0.2) is 0 Å². The van der Waals surface area contributed by atoms with Gasteiger partial charge in [-0.1, -0.05) is 42.2 Å². The van der Waals surface area contributed by atoms with Gasteiger partial charge in [0.2, 0.25) is 0 Å². The van der Waals surface area contributed by atoms with Crippen LogP contribution in [0.25, 0.3) is 6.08 Å². The average molecular weight is 359 g/mol. The Hall–Kier alpha value is -2.51. The molecule has 0 radical (unpaired) electrons. The smallest absolute Gasteiger partial charge is 0.343 e. The molecule has 1 heterocycles. The summed E-state index contributed by atoms with van der Waals surface area (Å²) in [5.41, 5.74) is 0.803. The van der Waals surface area contributed by atoms with Crippen LogP contribution in [-0.2, 0) is 4.79 Å². The lowest BCUT2D eigenvalue weighted by molar-refractivity contribution is -0.115. The van der Waals surface area contributed by atoms with Crippen molar-refractivity contribution in [3.05, 3.63) is 70.4 Å². The van der Waals surface area contributed by atoms with Crippen LogP contribution in [0.3, 0.4) is 0 Å². The molecule has 1 aliphatic rings. The van der Waals surface area contributed by atoms with Crippen LogP contribution in [0.1, 0.15) is 15.9 Å². The highest BCUT2D eigenvalue weighted by Crippen LogP contribution is 2.27. The molecule has 0 spiro atoms. The molecule has 1 fully saturated rings. The van der Waals surface area contributed by atoms with Crippen LogP contribution in [0, 0.1) is 5.82 Å². The second-order valence-corrected chi connectivity index (χ2v) is 6.54. The molecule has 1 saturated heterocycles. The van der Waals surface area contributed by atoms with Crippen molar-refractivity contribution >= 4 is 46.3 Å². The number of thiocarbonyl (C=S) groups is 1. The Bertz CT molecular complexity index is 880. The standard InChI is InChI=1S/C17H10FNO3S2/c18-12-5-2-4-11(9-12)16(21)22-13-6-1-3-10(7-13)8-14-15(20)19-17(23)24-14/h1-9H,(H,19,20,23)/b14-8-. The molecule has 120 valence electrons. The van der Waals surface area contributed by atoms with Crippen LogP contribution in [0.2, 0.25) is 0 Å². The van der Waals surface area contributed by atoms with E-state index in [9.17, 15) is 14.0 Å². The second kappa shape index (κ2) is 6.94. The number of hydrogen-bond acceptors (Lipinski definition) is 5. The SMILES string of the molecule is O=C1NC(=S)S/C1=C\c1cccc(OC(=O)c2cccc(F)c2)c1. The molecule has 0 saturated carbocycles. The molecule has 3 rings (SSSR count). The number of nitrogens with one attached hydrogen (secondary N) is 1. The number of carbonyl (C=O) groups excluding carboxylic acids is 2. The number of carbonyl (C=O) groups is 2. The van der Waals surface area contributed by atoms with Gasteiger partial charge in [-0.05, 0) is 42.0 Å². The Morgan fingerprint density at radius 2 is 2.00 bits per heavy atom. The van der Waals surface area contributed by atoms with Gasteiger partial charge in [0, 0.05) is 0 Å². The van der Waals surface area contributed by atoms with Crippen LogP contribution in [0.4, 0.5) is 4.39 Å². The Balaban J connectivity index is 1.78. The monoisotopic (exact) mass is 359 g/mol. The summed E-state index contributed by atoms with van der Waals surface area (Å²) in [7, 11) is 0. The largest absolute Gasteiger partial charge is 0.423 e. The Morgan fingerprint density at radius 1 is 1.21 bits per heavy atom. The first-order valence-electron chi connectivity index (χ1n) is 6.84. The fraction of sp³-hybridized carbons (Fsp3) is 0. The van der Waals surface area contributed by atoms with E-state index in [2.05, 4.69) is 5.32 Å². The number of esters is 1. The van der Waals surface area contributed by atoms with E-state index < -0.39 is 11.8 Å². The maximum atomic E-state index is 13.2. The zero-order chi connectivity index (χ0) is 17.1. The predicted octanol–water partition coefficient (Wildman–Crippen LogP) is 3.53. The zero-order valence-electron chi connectivity index (χ0n) is 12.1. The predicted molar refractivity (Wildman–Crippen MR) is 94.1 cm³/mol. The van der Waals surface area contributed by atoms with Gasteiger partial charge in [0.05, 0.1) is 10.5 Å². The molecular formula is C17H10FNO3S2. The summed E-state index contributed by atoms with van der Waals surface area (Å²) < 4.78 is 18.8. The topological polar surface area (TPSA) is 55.4 Å². The molecule has 0 unspecified atom stereocenters. The summed E-state index contributed by atoms with van der Waals surface area (Å²) >= 11 is 6.10. The fourth-order valence-electron chi connectivity index (χ4n) is 2.02. The summed E-state index contributed by atoms with van der Waals surface area (Å²) in [5, 5.41) is 2.53. The molecule has 1 aliphatic heterocycles. The zero-order valence-corrected chi connectivity index (χ0v) is 13.7. The van der Waals surface area contributed by atoms with Crippen LogP contribution < -0.4 is 10.1 Å². The van der Waals surface area contributed by atoms with Crippen molar-refractivity contribution in [2.75, 3.05) is 0 Å². The van der Waals surface area contributed by atoms with Crippen LogP contribution >= 0.6 is 24.0 Å². The third-order valence-corrected chi connectivity index (χ3v) is 4.23. The van der Waals surface area contributed by atoms with E-state index in [4.69, 9.17) is 17.0 Å². The summed E-state index contributed by atoms with van der Waals surface area (Å²) in [6, 6.07) is 11.9. The maximum absolute atomic E-state index is 13.2. The number of halogens is 1. The van der Waals surface area contributed by atoms with Crippen LogP contribution in [0.5, 0.6) is 5.75 Å². The van der Waals surface area contributed by atoms with E-state index >= 15 is 0 Å². The molecule has 0 atom stereocenters. The molecule has 1 amide bonds. The van der Waals surface area contributed by atoms with Gasteiger partial charge in [0.25, 0.3) is 5.91 Å². The Labute approximate surface area is 146 Å². The molecule has 0 aromatic heterocycles. The highest BCUT2D eigenvalue weighted by atomic mass is 32.2. The van der Waals surface area contributed by atoms with Crippen molar-refractivity contribution in [1.29, 1.82) is 0 Å². The quantitative estimate of drug-likeness (QED) is 0.393. The minimum atomic E-state index is -0.659. The summed E-state index contributed by atoms with van der Waals surface area (Å²) in [6.07, 6.45) is 1.65. The van der Waals surface area contributed by atoms with Gasteiger partial charge in [-0.3, -0.25) is 4.79 Å². The molecule has 0 aliphatic carbocycles. The van der Waals surface area contributed by atoms with Gasteiger partial charge in [-0.2, -0.15) is 0 Å². The lowest BCUT2D eigenvalue weighted by Gasteiger charge is -2.05. The highest BCUT2D eigenvalue weighted by molar-refractivity contribution is 8.26. The number of ether oxygens (including phenoxy) is 1. The van der Waals surface area contributed by atoms with Crippen LogP contribution in [0.15, 0.2) is 53.4 Å². The van der Waals surface area contributed by atoms with Gasteiger partial charge in [-0.15, -0.1) is 0 Å². The molecule has 2 aromatic carbocycles. The average Bonchev–Trinajstić information content (AvgIpc) is 2.85. The lowest BCUT2D eigenvalue weighted by atomic mass is 10.2. The minimum absolute atomic E-state index is 0.120. The maximum Gasteiger partial charge on any atom is 0.343 e. The summed E-state index contributed by atoms with van der Waals surface area (Å²) in [4.78, 5) is 24.2. The Morgan fingerprint density at radius 3 is 2.71 bits per heavy atom. The van der Waals surface area contributed by atoms with Crippen molar-refractivity contribution in [2.24, 2.45) is 0 Å². The number of thioether (sulfide) groups is 1. The second-order valence-electron chi connectivity index (χ2n) is 4.82. The van der Waals surface area contributed by atoms with Crippen molar-refractivity contribution in [3.63, 3.8) is 0 Å². The van der Waals surface area contributed by atoms with E-state index in [1.54, 1.807) is 30.3 Å². The van der Waals surface area contributed by atoms with E-state index in [0.717, 1.165) is 6.07 Å². The molecular weight excluding hydrogens is 349 g/mol. The summed E-state index contributed by atoms with van der Waals surface area (Å²) in [6.45, 7) is 0. The first-order valence-corrected chi connectivity index (χ1v) is 8.06. The number of rotatable bonds is 3. The van der Waals surface area contributed by atoms with Gasteiger partial charge < -0.3 is 10.1 Å². The minimum Gasteiger partial charge on any atom is -0.423 e. The first-order chi connectivity index (χ1) is 11.5. The van der Waals surface area contributed by atoms with E-state index in [1.165, 1.54) is 30.0 Å². The Kier molecular flexibility index (Phi) is 4.73. The van der Waals surface area contributed by atoms with Crippen molar-refractivity contribution < 1.29 is 18.7 Å². The van der Waals surface area contributed by atoms with Crippen molar-refractivity contribution in [1.82, 2.24) is 5.32 Å². The molecule has 4 nitrogen and oxygen atoms in total. The molecule has 0 bridgehead atoms. The fourth-order valence-corrected chi connectivity index (χ4v) is 3.07. The normalized spacial score (nSPS) is 15.5. The summed E-state index contributed by atoms with van der Waals surface area (Å²) in [5.74, 6) is -1.13. The number of hydrogen-bond donors (Lipinski definition) is 1. The number of benzene rings is 2. The molecule has 24 heavy (non-hydrogen) atoms. The van der Waals surface area contributed by atoms with E-state index in [0.29, 0.717) is 20.5 Å². The highest BCUT2D eigenvalue weighted by Gasteiger charge is 2.22. The lowest BCUT2D eigenvalue weighted by Crippen LogP contribution is -2.17. The van der Waals surface area contributed by atoms with Gasteiger partial charge >= 0.3 is 5.97 Å². The van der Waals surface area contributed by atoms with Gasteiger partial charge in [0.1, 0.15) is 15.9 Å². The number of amides is 1.